The Balaban J connectivity index is 2.95. The molecule has 0 saturated carbocycles. The number of rotatable bonds is 5. The summed E-state index contributed by atoms with van der Waals surface area (Å²) in [5, 5.41) is 3.13. The standard InChI is InChI=1S/C10H17N5O/c1-4-12-9-7(2)10(14-6-13-9)15(3)5-8(11)16/h6H,4-5H2,1-3H3,(H2,11,16)(H,12,13,14). The van der Waals surface area contributed by atoms with Crippen molar-refractivity contribution in [3.8, 4) is 0 Å². The summed E-state index contributed by atoms with van der Waals surface area (Å²) >= 11 is 0. The summed E-state index contributed by atoms with van der Waals surface area (Å²) in [4.78, 5) is 20.8. The second-order valence-corrected chi connectivity index (χ2v) is 3.52. The van der Waals surface area contributed by atoms with Crippen molar-refractivity contribution in [1.82, 2.24) is 9.97 Å². The van der Waals surface area contributed by atoms with Gasteiger partial charge in [0, 0.05) is 19.2 Å². The number of carbonyl (C=O) groups excluding carboxylic acids is 1. The van der Waals surface area contributed by atoms with E-state index >= 15 is 0 Å². The molecule has 3 N–H and O–H groups in total. The average molecular weight is 223 g/mol. The highest BCUT2D eigenvalue weighted by molar-refractivity contribution is 5.79. The van der Waals surface area contributed by atoms with E-state index in [0.29, 0.717) is 5.82 Å². The molecule has 88 valence electrons. The van der Waals surface area contributed by atoms with Crippen molar-refractivity contribution in [2.24, 2.45) is 5.73 Å². The van der Waals surface area contributed by atoms with Gasteiger partial charge in [-0.15, -0.1) is 0 Å². The first-order valence-electron chi connectivity index (χ1n) is 5.11. The molecule has 1 heterocycles. The first-order valence-corrected chi connectivity index (χ1v) is 5.11. The molecule has 0 aliphatic heterocycles. The zero-order chi connectivity index (χ0) is 12.1. The van der Waals surface area contributed by atoms with Crippen LogP contribution in [0, 0.1) is 6.92 Å². The molecule has 0 saturated heterocycles. The van der Waals surface area contributed by atoms with E-state index in [1.165, 1.54) is 6.33 Å². The van der Waals surface area contributed by atoms with Crippen LogP contribution in [0.2, 0.25) is 0 Å². The van der Waals surface area contributed by atoms with Crippen LogP contribution in [0.5, 0.6) is 0 Å². The maximum Gasteiger partial charge on any atom is 0.236 e. The van der Waals surface area contributed by atoms with Crippen molar-refractivity contribution < 1.29 is 4.79 Å². The number of amides is 1. The van der Waals surface area contributed by atoms with Crippen molar-refractivity contribution in [3.63, 3.8) is 0 Å². The van der Waals surface area contributed by atoms with E-state index in [1.807, 2.05) is 13.8 Å². The SMILES string of the molecule is CCNc1ncnc(N(C)CC(N)=O)c1C. The highest BCUT2D eigenvalue weighted by atomic mass is 16.1. The van der Waals surface area contributed by atoms with E-state index < -0.39 is 0 Å². The number of hydrogen-bond donors (Lipinski definition) is 2. The van der Waals surface area contributed by atoms with Gasteiger partial charge in [-0.1, -0.05) is 0 Å². The smallest absolute Gasteiger partial charge is 0.236 e. The fraction of sp³-hybridized carbons (Fsp3) is 0.500. The molecule has 0 atom stereocenters. The van der Waals surface area contributed by atoms with E-state index in [1.54, 1.807) is 11.9 Å². The molecule has 0 radical (unpaired) electrons. The Labute approximate surface area is 94.9 Å². The first-order chi connectivity index (χ1) is 7.56. The van der Waals surface area contributed by atoms with Crippen LogP contribution in [-0.4, -0.2) is 36.0 Å². The number of anilines is 2. The summed E-state index contributed by atoms with van der Waals surface area (Å²) in [7, 11) is 1.77. The van der Waals surface area contributed by atoms with E-state index in [0.717, 1.165) is 17.9 Å². The van der Waals surface area contributed by atoms with Crippen molar-refractivity contribution in [1.29, 1.82) is 0 Å². The Morgan fingerprint density at radius 3 is 2.81 bits per heavy atom. The van der Waals surface area contributed by atoms with Gasteiger partial charge in [-0.05, 0) is 13.8 Å². The van der Waals surface area contributed by atoms with Gasteiger partial charge in [-0.3, -0.25) is 4.79 Å². The van der Waals surface area contributed by atoms with Crippen molar-refractivity contribution >= 4 is 17.5 Å². The molecule has 0 aliphatic carbocycles. The van der Waals surface area contributed by atoms with Gasteiger partial charge in [0.25, 0.3) is 0 Å². The molecule has 0 spiro atoms. The summed E-state index contributed by atoms with van der Waals surface area (Å²) in [5.41, 5.74) is 6.05. The van der Waals surface area contributed by atoms with Crippen LogP contribution in [-0.2, 0) is 4.79 Å². The number of likely N-dealkylation sites (N-methyl/N-ethyl adjacent to an activating group) is 1. The first kappa shape index (κ1) is 12.2. The highest BCUT2D eigenvalue weighted by Crippen LogP contribution is 2.20. The van der Waals surface area contributed by atoms with Crippen LogP contribution >= 0.6 is 0 Å². The molecule has 1 aromatic heterocycles. The van der Waals surface area contributed by atoms with Crippen LogP contribution in [0.25, 0.3) is 0 Å². The van der Waals surface area contributed by atoms with Gasteiger partial charge in [-0.2, -0.15) is 0 Å². The topological polar surface area (TPSA) is 84.1 Å². The minimum absolute atomic E-state index is 0.142. The maximum absolute atomic E-state index is 10.8. The van der Waals surface area contributed by atoms with Crippen LogP contribution in [0.1, 0.15) is 12.5 Å². The number of hydrogen-bond acceptors (Lipinski definition) is 5. The third kappa shape index (κ3) is 2.82. The molecular formula is C10H17N5O. The van der Waals surface area contributed by atoms with Gasteiger partial charge < -0.3 is 16.0 Å². The van der Waals surface area contributed by atoms with Gasteiger partial charge in [0.1, 0.15) is 18.0 Å². The summed E-state index contributed by atoms with van der Waals surface area (Å²) in [6.45, 7) is 4.83. The fourth-order valence-electron chi connectivity index (χ4n) is 1.48. The number of nitrogens with two attached hydrogens (primary N) is 1. The van der Waals surface area contributed by atoms with Crippen LogP contribution in [0.3, 0.4) is 0 Å². The van der Waals surface area contributed by atoms with Crippen molar-refractivity contribution in [2.75, 3.05) is 30.4 Å². The number of nitrogens with one attached hydrogen (secondary N) is 1. The lowest BCUT2D eigenvalue weighted by Gasteiger charge is -2.19. The van der Waals surface area contributed by atoms with Gasteiger partial charge in [-0.25, -0.2) is 9.97 Å². The lowest BCUT2D eigenvalue weighted by Crippen LogP contribution is -2.31. The van der Waals surface area contributed by atoms with E-state index in [9.17, 15) is 4.79 Å². The van der Waals surface area contributed by atoms with Crippen LogP contribution < -0.4 is 16.0 Å². The Morgan fingerprint density at radius 2 is 2.25 bits per heavy atom. The lowest BCUT2D eigenvalue weighted by molar-refractivity contribution is -0.116. The molecule has 0 bridgehead atoms. The Bertz CT molecular complexity index is 379. The molecule has 1 aromatic rings. The minimum atomic E-state index is -0.384. The molecule has 0 aliphatic rings. The fourth-order valence-corrected chi connectivity index (χ4v) is 1.48. The average Bonchev–Trinajstić information content (AvgIpc) is 2.20. The molecular weight excluding hydrogens is 206 g/mol. The normalized spacial score (nSPS) is 9.94. The van der Waals surface area contributed by atoms with E-state index in [-0.39, 0.29) is 12.5 Å². The van der Waals surface area contributed by atoms with E-state index in [4.69, 9.17) is 5.73 Å². The second-order valence-electron chi connectivity index (χ2n) is 3.52. The van der Waals surface area contributed by atoms with Crippen LogP contribution in [0.4, 0.5) is 11.6 Å². The third-order valence-corrected chi connectivity index (χ3v) is 2.16. The summed E-state index contributed by atoms with van der Waals surface area (Å²) < 4.78 is 0. The molecule has 1 rings (SSSR count). The Morgan fingerprint density at radius 1 is 1.56 bits per heavy atom. The van der Waals surface area contributed by atoms with Crippen molar-refractivity contribution in [3.05, 3.63) is 11.9 Å². The number of carbonyl (C=O) groups is 1. The zero-order valence-corrected chi connectivity index (χ0v) is 9.82. The van der Waals surface area contributed by atoms with Crippen LogP contribution in [0.15, 0.2) is 6.33 Å². The number of aromatic nitrogens is 2. The molecule has 0 unspecified atom stereocenters. The second kappa shape index (κ2) is 5.29. The van der Waals surface area contributed by atoms with Crippen molar-refractivity contribution in [2.45, 2.75) is 13.8 Å². The summed E-state index contributed by atoms with van der Waals surface area (Å²) in [6.07, 6.45) is 1.47. The quantitative estimate of drug-likeness (QED) is 0.741. The molecule has 0 fully saturated rings. The number of nitrogens with zero attached hydrogens (tertiary/aromatic N) is 3. The molecule has 1 amide bonds. The van der Waals surface area contributed by atoms with Gasteiger partial charge in [0.2, 0.25) is 5.91 Å². The van der Waals surface area contributed by atoms with Gasteiger partial charge in [0.15, 0.2) is 0 Å². The monoisotopic (exact) mass is 223 g/mol. The molecule has 0 aromatic carbocycles. The highest BCUT2D eigenvalue weighted by Gasteiger charge is 2.11. The molecule has 6 heteroatoms. The third-order valence-electron chi connectivity index (χ3n) is 2.16. The molecule has 16 heavy (non-hydrogen) atoms. The predicted octanol–water partition coefficient (Wildman–Crippen LogP) is 0.138. The van der Waals surface area contributed by atoms with Gasteiger partial charge >= 0.3 is 0 Å². The zero-order valence-electron chi connectivity index (χ0n) is 9.82. The summed E-state index contributed by atoms with van der Waals surface area (Å²) in [5.74, 6) is 1.11. The lowest BCUT2D eigenvalue weighted by atomic mass is 10.3. The predicted molar refractivity (Wildman–Crippen MR) is 63.4 cm³/mol. The summed E-state index contributed by atoms with van der Waals surface area (Å²) in [6, 6.07) is 0. The molecule has 6 nitrogen and oxygen atoms in total. The Hall–Kier alpha value is -1.85. The largest absolute Gasteiger partial charge is 0.370 e. The Kier molecular flexibility index (Phi) is 4.04. The maximum atomic E-state index is 10.8. The number of primary amides is 1. The van der Waals surface area contributed by atoms with E-state index in [2.05, 4.69) is 15.3 Å². The minimum Gasteiger partial charge on any atom is -0.370 e. The van der Waals surface area contributed by atoms with Gasteiger partial charge in [0.05, 0.1) is 6.54 Å².